The summed E-state index contributed by atoms with van der Waals surface area (Å²) in [6, 6.07) is 3.17. The Bertz CT molecular complexity index is 610. The molecule has 0 spiro atoms. The van der Waals surface area contributed by atoms with Crippen LogP contribution >= 0.6 is 15.9 Å². The van der Waals surface area contributed by atoms with E-state index in [9.17, 15) is 13.2 Å². The van der Waals surface area contributed by atoms with Crippen LogP contribution in [0.3, 0.4) is 0 Å². The zero-order chi connectivity index (χ0) is 13.0. The van der Waals surface area contributed by atoms with Crippen molar-refractivity contribution in [3.63, 3.8) is 0 Å². The Morgan fingerprint density at radius 1 is 1.35 bits per heavy atom. The van der Waals surface area contributed by atoms with Gasteiger partial charge in [0.15, 0.2) is 4.75 Å². The number of pyridine rings is 1. The highest BCUT2D eigenvalue weighted by atomic mass is 79.9. The molecular formula is C10H11BrN2O3S. The van der Waals surface area contributed by atoms with Gasteiger partial charge in [-0.15, -0.1) is 0 Å². The van der Waals surface area contributed by atoms with E-state index in [1.54, 1.807) is 12.1 Å². The Morgan fingerprint density at radius 3 is 2.53 bits per heavy atom. The normalized spacial score (nSPS) is 21.2. The molecule has 0 aliphatic carbocycles. The average Bonchev–Trinajstić information content (AvgIpc) is 2.25. The summed E-state index contributed by atoms with van der Waals surface area (Å²) < 4.78 is 24.5. The molecule has 1 aromatic heterocycles. The predicted octanol–water partition coefficient (Wildman–Crippen LogP) is 1.59. The van der Waals surface area contributed by atoms with Crippen molar-refractivity contribution < 1.29 is 13.2 Å². The monoisotopic (exact) mass is 318 g/mol. The third-order valence-electron chi connectivity index (χ3n) is 2.95. The number of halogens is 1. The first-order chi connectivity index (χ1) is 7.69. The minimum Gasteiger partial charge on any atom is -0.291 e. The highest BCUT2D eigenvalue weighted by Gasteiger charge is 2.50. The second kappa shape index (κ2) is 3.52. The Hall–Kier alpha value is -0.950. The molecule has 0 bridgehead atoms. The molecule has 0 saturated heterocycles. The standard InChI is InChI=1S/C10H11BrN2O3S/c1-10(2)9(14)8-6(4-5-7(11)12-8)13(3)17(10,15)16/h4-5H,1-3H3. The lowest BCUT2D eigenvalue weighted by Crippen LogP contribution is -2.52. The van der Waals surface area contributed by atoms with E-state index in [1.807, 2.05) is 0 Å². The topological polar surface area (TPSA) is 67.3 Å². The number of carbonyl (C=O) groups excluding carboxylic acids is 1. The van der Waals surface area contributed by atoms with E-state index in [0.29, 0.717) is 10.3 Å². The van der Waals surface area contributed by atoms with Gasteiger partial charge in [0.2, 0.25) is 15.8 Å². The van der Waals surface area contributed by atoms with Crippen molar-refractivity contribution in [2.24, 2.45) is 0 Å². The maximum absolute atomic E-state index is 12.2. The molecule has 0 amide bonds. The lowest BCUT2D eigenvalue weighted by molar-refractivity contribution is 0.0946. The van der Waals surface area contributed by atoms with Crippen LogP contribution in [0.4, 0.5) is 5.69 Å². The number of aromatic nitrogens is 1. The van der Waals surface area contributed by atoms with Crippen LogP contribution in [0.5, 0.6) is 0 Å². The molecule has 1 aromatic rings. The van der Waals surface area contributed by atoms with Gasteiger partial charge in [0.05, 0.1) is 5.69 Å². The molecule has 0 aromatic carbocycles. The molecule has 1 aliphatic heterocycles. The minimum atomic E-state index is -3.69. The number of hydrogen-bond donors (Lipinski definition) is 0. The molecule has 0 unspecified atom stereocenters. The minimum absolute atomic E-state index is 0.182. The van der Waals surface area contributed by atoms with Crippen molar-refractivity contribution in [1.29, 1.82) is 0 Å². The van der Waals surface area contributed by atoms with E-state index >= 15 is 0 Å². The lowest BCUT2D eigenvalue weighted by Gasteiger charge is -2.35. The van der Waals surface area contributed by atoms with Gasteiger partial charge in [-0.1, -0.05) is 0 Å². The number of sulfonamides is 1. The average molecular weight is 319 g/mol. The van der Waals surface area contributed by atoms with Crippen LogP contribution in [0.15, 0.2) is 16.7 Å². The first-order valence-electron chi connectivity index (χ1n) is 4.89. The van der Waals surface area contributed by atoms with Crippen molar-refractivity contribution in [1.82, 2.24) is 4.98 Å². The molecule has 5 nitrogen and oxygen atoms in total. The van der Waals surface area contributed by atoms with E-state index in [1.165, 1.54) is 20.9 Å². The number of rotatable bonds is 0. The Kier molecular flexibility index (Phi) is 2.59. The van der Waals surface area contributed by atoms with Gasteiger partial charge in [-0.05, 0) is 41.9 Å². The summed E-state index contributed by atoms with van der Waals surface area (Å²) in [7, 11) is -2.26. The molecule has 0 saturated carbocycles. The van der Waals surface area contributed by atoms with Gasteiger partial charge < -0.3 is 0 Å². The van der Waals surface area contributed by atoms with Crippen molar-refractivity contribution in [3.05, 3.63) is 22.4 Å². The van der Waals surface area contributed by atoms with Crippen LogP contribution in [-0.4, -0.2) is 31.0 Å². The van der Waals surface area contributed by atoms with Crippen LogP contribution in [0, 0.1) is 0 Å². The third-order valence-corrected chi connectivity index (χ3v) is 5.78. The molecule has 7 heteroatoms. The number of fused-ring (bicyclic) bond motifs is 1. The van der Waals surface area contributed by atoms with Crippen LogP contribution in [-0.2, 0) is 10.0 Å². The van der Waals surface area contributed by atoms with Gasteiger partial charge in [-0.25, -0.2) is 13.4 Å². The zero-order valence-electron chi connectivity index (χ0n) is 9.56. The molecule has 0 radical (unpaired) electrons. The zero-order valence-corrected chi connectivity index (χ0v) is 12.0. The second-order valence-electron chi connectivity index (χ2n) is 4.31. The Morgan fingerprint density at radius 2 is 1.94 bits per heavy atom. The summed E-state index contributed by atoms with van der Waals surface area (Å²) in [6.45, 7) is 2.79. The van der Waals surface area contributed by atoms with Crippen molar-refractivity contribution in [2.45, 2.75) is 18.6 Å². The van der Waals surface area contributed by atoms with E-state index in [4.69, 9.17) is 0 Å². The summed E-state index contributed by atoms with van der Waals surface area (Å²) in [5.41, 5.74) is 0.499. The molecule has 0 fully saturated rings. The smallest absolute Gasteiger partial charge is 0.247 e. The van der Waals surface area contributed by atoms with Crippen LogP contribution in [0.2, 0.25) is 0 Å². The summed E-state index contributed by atoms with van der Waals surface area (Å²) in [5, 5.41) is 0. The van der Waals surface area contributed by atoms with Gasteiger partial charge in [0.25, 0.3) is 0 Å². The van der Waals surface area contributed by atoms with Crippen LogP contribution < -0.4 is 4.31 Å². The van der Waals surface area contributed by atoms with Gasteiger partial charge in [0.1, 0.15) is 10.3 Å². The number of Topliss-reactive ketones (excluding diaryl/α,β-unsaturated/α-hetero) is 1. The maximum Gasteiger partial charge on any atom is 0.247 e. The van der Waals surface area contributed by atoms with E-state index in [0.717, 1.165) is 4.31 Å². The fourth-order valence-electron chi connectivity index (χ4n) is 1.72. The summed E-state index contributed by atoms with van der Waals surface area (Å²) >= 11 is 3.17. The fourth-order valence-corrected chi connectivity index (χ4v) is 3.45. The first kappa shape index (κ1) is 12.5. The number of nitrogens with zero attached hydrogens (tertiary/aromatic N) is 2. The molecule has 17 heavy (non-hydrogen) atoms. The van der Waals surface area contributed by atoms with Gasteiger partial charge >= 0.3 is 0 Å². The summed E-state index contributed by atoms with van der Waals surface area (Å²) in [6.07, 6.45) is 0. The van der Waals surface area contributed by atoms with Crippen LogP contribution in [0.1, 0.15) is 24.3 Å². The van der Waals surface area contributed by atoms with Crippen LogP contribution in [0.25, 0.3) is 0 Å². The predicted molar refractivity (Wildman–Crippen MR) is 67.7 cm³/mol. The molecular weight excluding hydrogens is 308 g/mol. The molecule has 2 rings (SSSR count). The largest absolute Gasteiger partial charge is 0.291 e. The van der Waals surface area contributed by atoms with Crippen molar-refractivity contribution in [3.8, 4) is 0 Å². The second-order valence-corrected chi connectivity index (χ2v) is 7.64. The van der Waals surface area contributed by atoms with Gasteiger partial charge in [-0.2, -0.15) is 0 Å². The lowest BCUT2D eigenvalue weighted by atomic mass is 10.0. The number of carbonyl (C=O) groups is 1. The fraction of sp³-hybridized carbons (Fsp3) is 0.400. The quantitative estimate of drug-likeness (QED) is 0.681. The molecule has 0 atom stereocenters. The number of hydrogen-bond acceptors (Lipinski definition) is 4. The molecule has 0 N–H and O–H groups in total. The highest BCUT2D eigenvalue weighted by Crippen LogP contribution is 2.37. The Labute approximate surface area is 108 Å². The summed E-state index contributed by atoms with van der Waals surface area (Å²) in [4.78, 5) is 16.2. The van der Waals surface area contributed by atoms with Crippen molar-refractivity contribution >= 4 is 37.4 Å². The van der Waals surface area contributed by atoms with Gasteiger partial charge in [-0.3, -0.25) is 9.10 Å². The van der Waals surface area contributed by atoms with Gasteiger partial charge in [0, 0.05) is 7.05 Å². The van der Waals surface area contributed by atoms with E-state index in [-0.39, 0.29) is 5.69 Å². The van der Waals surface area contributed by atoms with E-state index < -0.39 is 20.6 Å². The SMILES string of the molecule is CN1c2ccc(Br)nc2C(=O)C(C)(C)S1(=O)=O. The Balaban J connectivity index is 2.81. The molecule has 1 aliphatic rings. The van der Waals surface area contributed by atoms with E-state index in [2.05, 4.69) is 20.9 Å². The molecule has 2 heterocycles. The third kappa shape index (κ3) is 1.52. The molecule has 92 valence electrons. The summed E-state index contributed by atoms with van der Waals surface area (Å²) in [5.74, 6) is -0.480. The van der Waals surface area contributed by atoms with Crippen molar-refractivity contribution in [2.75, 3.05) is 11.4 Å². The highest BCUT2D eigenvalue weighted by molar-refractivity contribution is 9.10. The number of ketones is 1. The number of anilines is 1. The maximum atomic E-state index is 12.2. The first-order valence-corrected chi connectivity index (χ1v) is 7.12.